The predicted molar refractivity (Wildman–Crippen MR) is 42.0 cm³/mol. The van der Waals surface area contributed by atoms with Crippen molar-refractivity contribution in [1.82, 2.24) is 0 Å². The molecule has 1 aliphatic carbocycles. The second kappa shape index (κ2) is 2.14. The third kappa shape index (κ3) is 0.896. The van der Waals surface area contributed by atoms with Gasteiger partial charge in [0.25, 0.3) is 0 Å². The van der Waals surface area contributed by atoms with Crippen LogP contribution in [-0.4, -0.2) is 8.80 Å². The lowest BCUT2D eigenvalue weighted by Crippen LogP contribution is -2.25. The van der Waals surface area contributed by atoms with E-state index in [0.29, 0.717) is 0 Å². The van der Waals surface area contributed by atoms with Crippen molar-refractivity contribution in [3.8, 4) is 0 Å². The van der Waals surface area contributed by atoms with E-state index >= 15 is 0 Å². The van der Waals surface area contributed by atoms with Crippen LogP contribution in [-0.2, 0) is 0 Å². The first-order valence-corrected chi connectivity index (χ1v) is 5.65. The third-order valence-corrected chi connectivity index (χ3v) is 5.53. The normalized spacial score (nSPS) is 27.1. The van der Waals surface area contributed by atoms with Crippen LogP contribution < -0.4 is 0 Å². The van der Waals surface area contributed by atoms with Crippen molar-refractivity contribution in [1.29, 1.82) is 0 Å². The van der Waals surface area contributed by atoms with E-state index < -0.39 is 0 Å². The average molecular weight is 135 g/mol. The Balaban J connectivity index is 1.97. The molecule has 0 aromatic carbocycles. The first kappa shape index (κ1) is 5.48. The molecule has 0 amide bonds. The Hall–Kier alpha value is -0.303. The Morgan fingerprint density at radius 1 is 1.11 bits per heavy atom. The van der Waals surface area contributed by atoms with Crippen molar-refractivity contribution in [3.63, 3.8) is 0 Å². The highest BCUT2D eigenvalue weighted by atomic mass is 28.3. The first-order chi connectivity index (χ1) is 4.47. The van der Waals surface area contributed by atoms with E-state index in [1.807, 2.05) is 0 Å². The van der Waals surface area contributed by atoms with Crippen LogP contribution >= 0.6 is 0 Å². The van der Waals surface area contributed by atoms with E-state index in [9.17, 15) is 0 Å². The Morgan fingerprint density at radius 2 is 1.78 bits per heavy atom. The minimum Gasteiger partial charge on any atom is -0.0806 e. The molecular weight excluding hydrogens is 124 g/mol. The smallest absolute Gasteiger partial charge is 0.0604 e. The van der Waals surface area contributed by atoms with Gasteiger partial charge >= 0.3 is 0 Å². The van der Waals surface area contributed by atoms with Crippen molar-refractivity contribution in [2.45, 2.75) is 24.1 Å². The highest BCUT2D eigenvalue weighted by Crippen LogP contribution is 2.33. The summed E-state index contributed by atoms with van der Waals surface area (Å²) in [5.41, 5.74) is 0.906. The van der Waals surface area contributed by atoms with Crippen molar-refractivity contribution < 1.29 is 0 Å². The van der Waals surface area contributed by atoms with Crippen LogP contribution in [0.25, 0.3) is 0 Å². The molecule has 47 valence electrons. The molecular formula is C8H11Si. The van der Waals surface area contributed by atoms with Gasteiger partial charge in [-0.05, 0) is 5.54 Å². The molecule has 0 spiro atoms. The Morgan fingerprint density at radius 3 is 2.22 bits per heavy atom. The van der Waals surface area contributed by atoms with Gasteiger partial charge in [-0.1, -0.05) is 42.8 Å². The summed E-state index contributed by atoms with van der Waals surface area (Å²) in [4.78, 5) is 0. The Kier molecular flexibility index (Phi) is 1.30. The summed E-state index contributed by atoms with van der Waals surface area (Å²) in [5.74, 6) is 0. The highest BCUT2D eigenvalue weighted by molar-refractivity contribution is 6.64. The lowest BCUT2D eigenvalue weighted by atomic mass is 10.5. The summed E-state index contributed by atoms with van der Waals surface area (Å²) in [7, 11) is 0.100. The largest absolute Gasteiger partial charge is 0.0806 e. The quantitative estimate of drug-likeness (QED) is 0.484. The second-order valence-corrected chi connectivity index (χ2v) is 5.79. The van der Waals surface area contributed by atoms with Gasteiger partial charge in [-0.3, -0.25) is 0 Å². The predicted octanol–water partition coefficient (Wildman–Crippen LogP) is 2.38. The zero-order valence-corrected chi connectivity index (χ0v) is 6.51. The maximum Gasteiger partial charge on any atom is 0.0604 e. The van der Waals surface area contributed by atoms with E-state index in [1.54, 1.807) is 12.1 Å². The maximum absolute atomic E-state index is 2.37. The molecule has 0 atom stereocenters. The number of rotatable bonds is 1. The SMILES string of the molecule is C1=CC([Si]2CCC2)C=C1. The zero-order chi connectivity index (χ0) is 6.10. The monoisotopic (exact) mass is 135 g/mol. The number of hydrogen-bond donors (Lipinski definition) is 0. The standard InChI is InChI=1S/C8H11Si/c1-2-5-8(4-1)9-6-3-7-9/h1-2,4-5,8H,3,6-7H2. The summed E-state index contributed by atoms with van der Waals surface area (Å²) in [5, 5.41) is 0. The molecule has 0 aromatic heterocycles. The molecule has 2 aliphatic rings. The minimum absolute atomic E-state index is 0.100. The molecule has 0 aromatic rings. The van der Waals surface area contributed by atoms with Crippen LogP contribution in [0.2, 0.25) is 17.6 Å². The van der Waals surface area contributed by atoms with E-state index in [0.717, 1.165) is 5.54 Å². The van der Waals surface area contributed by atoms with Gasteiger partial charge in [0.15, 0.2) is 0 Å². The summed E-state index contributed by atoms with van der Waals surface area (Å²) in [6.45, 7) is 0. The van der Waals surface area contributed by atoms with Gasteiger partial charge in [-0.2, -0.15) is 0 Å². The van der Waals surface area contributed by atoms with Crippen LogP contribution in [0.3, 0.4) is 0 Å². The van der Waals surface area contributed by atoms with Crippen molar-refractivity contribution in [2.75, 3.05) is 0 Å². The molecule has 0 unspecified atom stereocenters. The van der Waals surface area contributed by atoms with E-state index in [2.05, 4.69) is 24.3 Å². The van der Waals surface area contributed by atoms with Crippen molar-refractivity contribution in [3.05, 3.63) is 24.3 Å². The van der Waals surface area contributed by atoms with Gasteiger partial charge in [0.05, 0.1) is 8.80 Å². The fourth-order valence-electron chi connectivity index (χ4n) is 1.42. The van der Waals surface area contributed by atoms with Gasteiger partial charge in [0.1, 0.15) is 0 Å². The van der Waals surface area contributed by atoms with Gasteiger partial charge in [-0.15, -0.1) is 0 Å². The summed E-state index contributed by atoms with van der Waals surface area (Å²) in [6, 6.07) is 3.12. The average Bonchev–Trinajstić information content (AvgIpc) is 2.11. The maximum atomic E-state index is 2.37. The molecule has 1 heterocycles. The van der Waals surface area contributed by atoms with Gasteiger partial charge < -0.3 is 0 Å². The minimum atomic E-state index is 0.100. The fourth-order valence-corrected chi connectivity index (χ4v) is 3.61. The van der Waals surface area contributed by atoms with E-state index in [-0.39, 0.29) is 8.80 Å². The third-order valence-electron chi connectivity index (χ3n) is 2.22. The first-order valence-electron chi connectivity index (χ1n) is 3.66. The van der Waals surface area contributed by atoms with Crippen LogP contribution in [0.5, 0.6) is 0 Å². The molecule has 2 rings (SSSR count). The van der Waals surface area contributed by atoms with Crippen LogP contribution in [0.15, 0.2) is 24.3 Å². The molecule has 9 heavy (non-hydrogen) atoms. The van der Waals surface area contributed by atoms with Crippen LogP contribution in [0.4, 0.5) is 0 Å². The molecule has 0 bridgehead atoms. The van der Waals surface area contributed by atoms with Crippen LogP contribution in [0, 0.1) is 0 Å². The van der Waals surface area contributed by atoms with E-state index in [4.69, 9.17) is 0 Å². The number of allylic oxidation sites excluding steroid dienone is 4. The van der Waals surface area contributed by atoms with Gasteiger partial charge in [-0.25, -0.2) is 0 Å². The molecule has 1 heteroatoms. The summed E-state index contributed by atoms with van der Waals surface area (Å²) < 4.78 is 0. The molecule has 1 radical (unpaired) electrons. The molecule has 0 N–H and O–H groups in total. The summed E-state index contributed by atoms with van der Waals surface area (Å²) in [6.07, 6.45) is 10.6. The molecule has 0 nitrogen and oxygen atoms in total. The zero-order valence-electron chi connectivity index (χ0n) is 5.51. The molecule has 1 saturated heterocycles. The van der Waals surface area contributed by atoms with E-state index in [1.165, 1.54) is 6.42 Å². The van der Waals surface area contributed by atoms with Crippen molar-refractivity contribution in [2.24, 2.45) is 0 Å². The fraction of sp³-hybridized carbons (Fsp3) is 0.500. The van der Waals surface area contributed by atoms with Crippen molar-refractivity contribution >= 4 is 8.80 Å². The molecule has 1 fully saturated rings. The van der Waals surface area contributed by atoms with Gasteiger partial charge in [0.2, 0.25) is 0 Å². The summed E-state index contributed by atoms with van der Waals surface area (Å²) >= 11 is 0. The highest BCUT2D eigenvalue weighted by Gasteiger charge is 2.26. The van der Waals surface area contributed by atoms with Gasteiger partial charge in [0, 0.05) is 0 Å². The molecule has 1 aliphatic heterocycles. The Labute approximate surface area is 57.9 Å². The molecule has 0 saturated carbocycles. The topological polar surface area (TPSA) is 0 Å². The lowest BCUT2D eigenvalue weighted by molar-refractivity contribution is 0.912. The second-order valence-electron chi connectivity index (χ2n) is 2.81. The lowest BCUT2D eigenvalue weighted by Gasteiger charge is -2.26. The number of hydrogen-bond acceptors (Lipinski definition) is 0. The Bertz CT molecular complexity index is 142. The van der Waals surface area contributed by atoms with Crippen LogP contribution in [0.1, 0.15) is 6.42 Å².